The van der Waals surface area contributed by atoms with Crippen LogP contribution in [0, 0.1) is 0 Å². The second-order valence-corrected chi connectivity index (χ2v) is 4.59. The minimum atomic E-state index is -0.513. The van der Waals surface area contributed by atoms with Crippen molar-refractivity contribution >= 4 is 34.9 Å². The van der Waals surface area contributed by atoms with Gasteiger partial charge in [-0.2, -0.15) is 0 Å². The molecule has 0 atom stereocenters. The molecule has 0 unspecified atom stereocenters. The Morgan fingerprint density at radius 2 is 2.00 bits per heavy atom. The summed E-state index contributed by atoms with van der Waals surface area (Å²) in [5.74, 6) is -0.513. The number of nitrogens with two attached hydrogens (primary N) is 1. The first-order chi connectivity index (χ1) is 9.02. The van der Waals surface area contributed by atoms with Crippen LogP contribution < -0.4 is 5.73 Å². The highest BCUT2D eigenvalue weighted by Gasteiger charge is 2.13. The molecule has 1 aromatic carbocycles. The lowest BCUT2D eigenvalue weighted by atomic mass is 10.1. The van der Waals surface area contributed by atoms with Gasteiger partial charge in [-0.1, -0.05) is 29.3 Å². The van der Waals surface area contributed by atoms with E-state index in [0.717, 1.165) is 5.56 Å². The molecule has 2 aromatic rings. The number of nitrogens with zero attached hydrogens (tertiary/aromatic N) is 1. The van der Waals surface area contributed by atoms with Crippen LogP contribution in [0.2, 0.25) is 10.0 Å². The summed E-state index contributed by atoms with van der Waals surface area (Å²) >= 11 is 11.8. The summed E-state index contributed by atoms with van der Waals surface area (Å²) in [7, 11) is 1.29. The quantitative estimate of drug-likeness (QED) is 0.862. The first kappa shape index (κ1) is 13.6. The van der Waals surface area contributed by atoms with Crippen molar-refractivity contribution in [2.45, 2.75) is 0 Å². The van der Waals surface area contributed by atoms with Crippen molar-refractivity contribution in [3.8, 4) is 11.3 Å². The van der Waals surface area contributed by atoms with Crippen LogP contribution in [0.3, 0.4) is 0 Å². The van der Waals surface area contributed by atoms with Crippen molar-refractivity contribution in [1.82, 2.24) is 4.98 Å². The molecule has 98 valence electrons. The van der Waals surface area contributed by atoms with Gasteiger partial charge >= 0.3 is 5.97 Å². The lowest BCUT2D eigenvalue weighted by molar-refractivity contribution is 0.0602. The zero-order valence-corrected chi connectivity index (χ0v) is 11.5. The summed E-state index contributed by atoms with van der Waals surface area (Å²) < 4.78 is 4.66. The van der Waals surface area contributed by atoms with Crippen molar-refractivity contribution in [3.05, 3.63) is 46.1 Å². The van der Waals surface area contributed by atoms with Crippen LogP contribution >= 0.6 is 23.2 Å². The minimum absolute atomic E-state index is 0.260. The third kappa shape index (κ3) is 2.80. The van der Waals surface area contributed by atoms with Gasteiger partial charge in [0.15, 0.2) is 0 Å². The average Bonchev–Trinajstić information content (AvgIpc) is 2.41. The Morgan fingerprint density at radius 3 is 2.63 bits per heavy atom. The van der Waals surface area contributed by atoms with Gasteiger partial charge in [-0.25, -0.2) is 4.79 Å². The number of halogens is 2. The van der Waals surface area contributed by atoms with E-state index in [1.165, 1.54) is 13.3 Å². The number of ether oxygens (including phenoxy) is 1. The molecule has 0 radical (unpaired) electrons. The van der Waals surface area contributed by atoms with Gasteiger partial charge in [0.1, 0.15) is 0 Å². The Morgan fingerprint density at radius 1 is 1.26 bits per heavy atom. The van der Waals surface area contributed by atoms with Crippen molar-refractivity contribution < 1.29 is 9.53 Å². The van der Waals surface area contributed by atoms with E-state index >= 15 is 0 Å². The highest BCUT2D eigenvalue weighted by molar-refractivity contribution is 6.42. The van der Waals surface area contributed by atoms with Gasteiger partial charge in [-0.15, -0.1) is 0 Å². The van der Waals surface area contributed by atoms with Gasteiger partial charge in [0, 0.05) is 5.56 Å². The predicted molar refractivity (Wildman–Crippen MR) is 75.4 cm³/mol. The van der Waals surface area contributed by atoms with E-state index in [4.69, 9.17) is 28.9 Å². The van der Waals surface area contributed by atoms with E-state index in [9.17, 15) is 4.79 Å². The Kier molecular flexibility index (Phi) is 3.93. The van der Waals surface area contributed by atoms with Crippen LogP contribution in [0.1, 0.15) is 10.4 Å². The van der Waals surface area contributed by atoms with Gasteiger partial charge < -0.3 is 10.5 Å². The predicted octanol–water partition coefficient (Wildman–Crippen LogP) is 3.42. The van der Waals surface area contributed by atoms with E-state index in [1.54, 1.807) is 24.3 Å². The zero-order valence-electron chi connectivity index (χ0n) is 9.98. The topological polar surface area (TPSA) is 65.2 Å². The van der Waals surface area contributed by atoms with Gasteiger partial charge in [0.05, 0.1) is 40.3 Å². The molecule has 4 nitrogen and oxygen atoms in total. The van der Waals surface area contributed by atoms with Crippen LogP contribution in [0.25, 0.3) is 11.3 Å². The van der Waals surface area contributed by atoms with E-state index < -0.39 is 5.97 Å². The fourth-order valence-corrected chi connectivity index (χ4v) is 1.86. The molecular weight excluding hydrogens is 287 g/mol. The van der Waals surface area contributed by atoms with E-state index in [2.05, 4.69) is 9.72 Å². The summed E-state index contributed by atoms with van der Waals surface area (Å²) in [5, 5.41) is 0.867. The number of anilines is 1. The summed E-state index contributed by atoms with van der Waals surface area (Å²) in [6.45, 7) is 0. The monoisotopic (exact) mass is 296 g/mol. The SMILES string of the molecule is COC(=O)c1cc(-c2ccc(Cl)c(Cl)c2)ncc1N. The molecule has 1 aromatic heterocycles. The molecule has 19 heavy (non-hydrogen) atoms. The number of hydrogen-bond donors (Lipinski definition) is 1. The van der Waals surface area contributed by atoms with E-state index in [-0.39, 0.29) is 11.3 Å². The number of nitrogen functional groups attached to an aromatic ring is 1. The summed E-state index contributed by atoms with van der Waals surface area (Å²) in [4.78, 5) is 15.7. The summed E-state index contributed by atoms with van der Waals surface area (Å²) in [5.41, 5.74) is 7.51. The van der Waals surface area contributed by atoms with Crippen LogP contribution in [-0.2, 0) is 4.74 Å². The lowest BCUT2D eigenvalue weighted by Gasteiger charge is -2.07. The Hall–Kier alpha value is -1.78. The second-order valence-electron chi connectivity index (χ2n) is 3.78. The molecule has 0 spiro atoms. The molecule has 0 aliphatic heterocycles. The molecule has 0 fully saturated rings. The van der Waals surface area contributed by atoms with Crippen LogP contribution in [-0.4, -0.2) is 18.1 Å². The molecule has 0 saturated heterocycles. The van der Waals surface area contributed by atoms with Crippen molar-refractivity contribution in [1.29, 1.82) is 0 Å². The molecule has 0 aliphatic rings. The molecule has 0 aliphatic carbocycles. The summed E-state index contributed by atoms with van der Waals surface area (Å²) in [6, 6.07) is 6.65. The molecule has 0 amide bonds. The lowest BCUT2D eigenvalue weighted by Crippen LogP contribution is -2.06. The Bertz CT molecular complexity index is 645. The number of esters is 1. The average molecular weight is 297 g/mol. The number of methoxy groups -OCH3 is 1. The number of rotatable bonds is 2. The molecule has 1 heterocycles. The number of carbonyl (C=O) groups excluding carboxylic acids is 1. The standard InChI is InChI=1S/C13H10Cl2N2O2/c1-19-13(18)8-5-12(17-6-11(8)16)7-2-3-9(14)10(15)4-7/h2-6H,16H2,1H3. The van der Waals surface area contributed by atoms with Gasteiger partial charge in [-0.3, -0.25) is 4.98 Å². The summed E-state index contributed by atoms with van der Waals surface area (Å²) in [6.07, 6.45) is 1.41. The molecule has 6 heteroatoms. The normalized spacial score (nSPS) is 10.3. The van der Waals surface area contributed by atoms with Gasteiger partial charge in [-0.05, 0) is 18.2 Å². The number of hydrogen-bond acceptors (Lipinski definition) is 4. The number of benzene rings is 1. The van der Waals surface area contributed by atoms with Crippen molar-refractivity contribution in [2.24, 2.45) is 0 Å². The Labute approximate surface area is 120 Å². The maximum absolute atomic E-state index is 11.6. The maximum atomic E-state index is 11.6. The third-order valence-electron chi connectivity index (χ3n) is 2.56. The molecule has 0 saturated carbocycles. The fourth-order valence-electron chi connectivity index (χ4n) is 1.57. The van der Waals surface area contributed by atoms with Crippen LogP contribution in [0.15, 0.2) is 30.5 Å². The first-order valence-corrected chi connectivity index (χ1v) is 6.07. The van der Waals surface area contributed by atoms with Gasteiger partial charge in [0.25, 0.3) is 0 Å². The smallest absolute Gasteiger partial charge is 0.340 e. The third-order valence-corrected chi connectivity index (χ3v) is 3.29. The molecule has 2 rings (SSSR count). The first-order valence-electron chi connectivity index (χ1n) is 5.32. The molecule has 2 N–H and O–H groups in total. The van der Waals surface area contributed by atoms with Crippen LogP contribution in [0.5, 0.6) is 0 Å². The van der Waals surface area contributed by atoms with E-state index in [0.29, 0.717) is 15.7 Å². The molecular formula is C13H10Cl2N2O2. The number of aromatic nitrogens is 1. The number of pyridine rings is 1. The number of carbonyl (C=O) groups is 1. The van der Waals surface area contributed by atoms with Crippen molar-refractivity contribution in [3.63, 3.8) is 0 Å². The zero-order chi connectivity index (χ0) is 14.0. The highest BCUT2D eigenvalue weighted by Crippen LogP contribution is 2.28. The van der Waals surface area contributed by atoms with Crippen molar-refractivity contribution in [2.75, 3.05) is 12.8 Å². The van der Waals surface area contributed by atoms with Crippen LogP contribution in [0.4, 0.5) is 5.69 Å². The highest BCUT2D eigenvalue weighted by atomic mass is 35.5. The largest absolute Gasteiger partial charge is 0.465 e. The van der Waals surface area contributed by atoms with Gasteiger partial charge in [0.2, 0.25) is 0 Å². The maximum Gasteiger partial charge on any atom is 0.340 e. The Balaban J connectivity index is 2.51. The second kappa shape index (κ2) is 5.47. The molecule has 0 bridgehead atoms. The van der Waals surface area contributed by atoms with E-state index in [1.807, 2.05) is 0 Å². The fraction of sp³-hybridized carbons (Fsp3) is 0.0769. The minimum Gasteiger partial charge on any atom is -0.465 e.